The summed E-state index contributed by atoms with van der Waals surface area (Å²) in [5.74, 6) is 1.00. The molecule has 0 aliphatic carbocycles. The van der Waals surface area contributed by atoms with Crippen molar-refractivity contribution in [3.05, 3.63) is 35.6 Å². The second kappa shape index (κ2) is 5.35. The van der Waals surface area contributed by atoms with E-state index in [1.54, 1.807) is 0 Å². The molecule has 0 radical (unpaired) electrons. The van der Waals surface area contributed by atoms with Crippen molar-refractivity contribution in [2.24, 2.45) is 5.73 Å². The Morgan fingerprint density at radius 1 is 1.32 bits per heavy atom. The summed E-state index contributed by atoms with van der Waals surface area (Å²) in [5.41, 5.74) is 8.55. The summed E-state index contributed by atoms with van der Waals surface area (Å²) in [5, 5.41) is 1.14. The molecule has 0 amide bonds. The Hall–Kier alpha value is -1.32. The fraction of sp³-hybridized carbons (Fsp3) is 0.500. The molecule has 1 aromatic heterocycles. The smallest absolute Gasteiger partial charge is 0.134 e. The number of aryl methyl sites for hydroxylation is 1. The fourth-order valence-corrected chi connectivity index (χ4v) is 2.98. The average molecular weight is 259 g/mol. The van der Waals surface area contributed by atoms with E-state index in [1.165, 1.54) is 6.42 Å². The first-order chi connectivity index (χ1) is 9.31. The van der Waals surface area contributed by atoms with Gasteiger partial charge < -0.3 is 14.9 Å². The molecule has 19 heavy (non-hydrogen) atoms. The van der Waals surface area contributed by atoms with Gasteiger partial charge in [-0.2, -0.15) is 0 Å². The predicted molar refractivity (Wildman–Crippen MR) is 76.1 cm³/mol. The molecule has 1 aromatic carbocycles. The van der Waals surface area contributed by atoms with E-state index < -0.39 is 0 Å². The molecule has 1 aliphatic rings. The van der Waals surface area contributed by atoms with Crippen molar-refractivity contribution in [2.45, 2.75) is 44.8 Å². The summed E-state index contributed by atoms with van der Waals surface area (Å²) >= 11 is 0. The van der Waals surface area contributed by atoms with E-state index in [1.807, 2.05) is 18.2 Å². The minimum absolute atomic E-state index is 0.0844. The number of nitrogens with two attached hydrogens (primary N) is 1. The van der Waals surface area contributed by atoms with Crippen molar-refractivity contribution < 1.29 is 9.15 Å². The van der Waals surface area contributed by atoms with Gasteiger partial charge in [0.1, 0.15) is 11.3 Å². The van der Waals surface area contributed by atoms with Crippen LogP contribution in [0.3, 0.4) is 0 Å². The van der Waals surface area contributed by atoms with Crippen LogP contribution in [0.4, 0.5) is 0 Å². The highest BCUT2D eigenvalue weighted by Gasteiger charge is 2.27. The van der Waals surface area contributed by atoms with Gasteiger partial charge in [-0.15, -0.1) is 0 Å². The van der Waals surface area contributed by atoms with Gasteiger partial charge in [-0.25, -0.2) is 0 Å². The third-order valence-corrected chi connectivity index (χ3v) is 3.98. The molecular weight excluding hydrogens is 238 g/mol. The van der Waals surface area contributed by atoms with Crippen LogP contribution in [0.2, 0.25) is 0 Å². The Kier molecular flexibility index (Phi) is 3.58. The largest absolute Gasteiger partial charge is 0.461 e. The predicted octanol–water partition coefficient (Wildman–Crippen LogP) is 3.56. The van der Waals surface area contributed by atoms with Crippen molar-refractivity contribution in [3.8, 4) is 0 Å². The number of hydrogen-bond donors (Lipinski definition) is 1. The number of para-hydroxylation sites is 1. The van der Waals surface area contributed by atoms with E-state index in [9.17, 15) is 0 Å². The van der Waals surface area contributed by atoms with Gasteiger partial charge in [0.25, 0.3) is 0 Å². The molecule has 2 atom stereocenters. The molecule has 2 unspecified atom stereocenters. The van der Waals surface area contributed by atoms with Crippen LogP contribution in [-0.4, -0.2) is 12.7 Å². The Balaban J connectivity index is 2.02. The third-order valence-electron chi connectivity index (χ3n) is 3.98. The van der Waals surface area contributed by atoms with Crippen LogP contribution in [0.1, 0.15) is 43.6 Å². The van der Waals surface area contributed by atoms with Crippen LogP contribution in [-0.2, 0) is 11.2 Å². The standard InChI is InChI=1S/C16H21NO2/c1-2-12-15(11-7-3-4-8-13(11)19-12)16(17)14-9-5-6-10-18-14/h3-4,7-8,14,16H,2,5-6,9-10,17H2,1H3. The maximum Gasteiger partial charge on any atom is 0.134 e. The molecule has 0 bridgehead atoms. The molecular formula is C16H21NO2. The molecule has 2 N–H and O–H groups in total. The lowest BCUT2D eigenvalue weighted by Crippen LogP contribution is -2.32. The first-order valence-electron chi connectivity index (χ1n) is 7.18. The van der Waals surface area contributed by atoms with Crippen molar-refractivity contribution in [1.29, 1.82) is 0 Å². The molecule has 2 aromatic rings. The zero-order valence-electron chi connectivity index (χ0n) is 11.4. The topological polar surface area (TPSA) is 48.4 Å². The van der Waals surface area contributed by atoms with Gasteiger partial charge >= 0.3 is 0 Å². The zero-order valence-corrected chi connectivity index (χ0v) is 11.4. The van der Waals surface area contributed by atoms with Crippen LogP contribution in [0.15, 0.2) is 28.7 Å². The van der Waals surface area contributed by atoms with Crippen LogP contribution >= 0.6 is 0 Å². The summed E-state index contributed by atoms with van der Waals surface area (Å²) < 4.78 is 11.8. The molecule has 1 saturated heterocycles. The summed E-state index contributed by atoms with van der Waals surface area (Å²) in [6, 6.07) is 8.05. The van der Waals surface area contributed by atoms with E-state index in [4.69, 9.17) is 14.9 Å². The quantitative estimate of drug-likeness (QED) is 0.916. The van der Waals surface area contributed by atoms with Gasteiger partial charge in [0.2, 0.25) is 0 Å². The van der Waals surface area contributed by atoms with Crippen LogP contribution in [0.5, 0.6) is 0 Å². The van der Waals surface area contributed by atoms with Crippen LogP contribution in [0.25, 0.3) is 11.0 Å². The first kappa shape index (κ1) is 12.7. The Labute approximate surface area is 113 Å². The van der Waals surface area contributed by atoms with Gasteiger partial charge in [0, 0.05) is 24.0 Å². The molecule has 2 heterocycles. The van der Waals surface area contributed by atoms with E-state index in [0.29, 0.717) is 0 Å². The minimum Gasteiger partial charge on any atom is -0.461 e. The second-order valence-corrected chi connectivity index (χ2v) is 5.22. The number of furan rings is 1. The number of fused-ring (bicyclic) bond motifs is 1. The van der Waals surface area contributed by atoms with Gasteiger partial charge in [-0.3, -0.25) is 0 Å². The second-order valence-electron chi connectivity index (χ2n) is 5.22. The summed E-state index contributed by atoms with van der Waals surface area (Å²) in [4.78, 5) is 0. The van der Waals surface area contributed by atoms with Gasteiger partial charge in [-0.1, -0.05) is 25.1 Å². The lowest BCUT2D eigenvalue weighted by molar-refractivity contribution is -0.0000663. The monoisotopic (exact) mass is 259 g/mol. The van der Waals surface area contributed by atoms with Crippen molar-refractivity contribution in [2.75, 3.05) is 6.61 Å². The molecule has 1 fully saturated rings. The summed E-state index contributed by atoms with van der Waals surface area (Å²) in [7, 11) is 0. The molecule has 3 rings (SSSR count). The van der Waals surface area contributed by atoms with Crippen molar-refractivity contribution in [1.82, 2.24) is 0 Å². The lowest BCUT2D eigenvalue weighted by Gasteiger charge is -2.28. The molecule has 3 nitrogen and oxygen atoms in total. The SMILES string of the molecule is CCc1oc2ccccc2c1C(N)C1CCCCO1. The fourth-order valence-electron chi connectivity index (χ4n) is 2.98. The molecule has 102 valence electrons. The summed E-state index contributed by atoms with van der Waals surface area (Å²) in [6.45, 7) is 2.94. The molecule has 0 spiro atoms. The van der Waals surface area contributed by atoms with E-state index in [-0.39, 0.29) is 12.1 Å². The highest BCUT2D eigenvalue weighted by Crippen LogP contribution is 2.34. The number of ether oxygens (including phenoxy) is 1. The van der Waals surface area contributed by atoms with E-state index in [2.05, 4.69) is 13.0 Å². The van der Waals surface area contributed by atoms with E-state index in [0.717, 1.165) is 48.2 Å². The van der Waals surface area contributed by atoms with Crippen molar-refractivity contribution >= 4 is 11.0 Å². The lowest BCUT2D eigenvalue weighted by atomic mass is 9.94. The third kappa shape index (κ3) is 2.28. The van der Waals surface area contributed by atoms with Crippen LogP contribution < -0.4 is 5.73 Å². The van der Waals surface area contributed by atoms with Crippen LogP contribution in [0, 0.1) is 0 Å². The zero-order chi connectivity index (χ0) is 13.2. The Morgan fingerprint density at radius 3 is 2.89 bits per heavy atom. The van der Waals surface area contributed by atoms with Crippen molar-refractivity contribution in [3.63, 3.8) is 0 Å². The maximum absolute atomic E-state index is 6.47. The highest BCUT2D eigenvalue weighted by molar-refractivity contribution is 5.82. The van der Waals surface area contributed by atoms with Gasteiger partial charge in [0.15, 0.2) is 0 Å². The number of benzene rings is 1. The molecule has 0 saturated carbocycles. The summed E-state index contributed by atoms with van der Waals surface area (Å²) in [6.07, 6.45) is 4.39. The number of hydrogen-bond acceptors (Lipinski definition) is 3. The highest BCUT2D eigenvalue weighted by atomic mass is 16.5. The maximum atomic E-state index is 6.47. The normalized spacial score (nSPS) is 21.7. The minimum atomic E-state index is -0.0844. The molecule has 1 aliphatic heterocycles. The van der Waals surface area contributed by atoms with Gasteiger partial charge in [0.05, 0.1) is 12.1 Å². The molecule has 3 heteroatoms. The Morgan fingerprint density at radius 2 is 2.16 bits per heavy atom. The van der Waals surface area contributed by atoms with E-state index >= 15 is 0 Å². The van der Waals surface area contributed by atoms with Gasteiger partial charge in [-0.05, 0) is 25.3 Å². The Bertz CT molecular complexity index is 555. The average Bonchev–Trinajstić information content (AvgIpc) is 2.86. The number of rotatable bonds is 3. The first-order valence-corrected chi connectivity index (χ1v) is 7.18.